The summed E-state index contributed by atoms with van der Waals surface area (Å²) in [5, 5.41) is 3.38. The number of piperidine rings is 1. The Morgan fingerprint density at radius 3 is 2.64 bits per heavy atom. The van der Waals surface area contributed by atoms with E-state index in [4.69, 9.17) is 4.74 Å². The van der Waals surface area contributed by atoms with Crippen molar-refractivity contribution in [2.45, 2.75) is 33.1 Å². The number of carbonyl (C=O) groups excluding carboxylic acids is 1. The molecule has 0 aromatic carbocycles. The van der Waals surface area contributed by atoms with Crippen LogP contribution in [0.2, 0.25) is 0 Å². The molecule has 1 heterocycles. The van der Waals surface area contributed by atoms with Crippen molar-refractivity contribution in [1.29, 1.82) is 0 Å². The molecule has 6 nitrogen and oxygen atoms in total. The Morgan fingerprint density at radius 2 is 2.05 bits per heavy atom. The van der Waals surface area contributed by atoms with E-state index in [1.165, 1.54) is 12.8 Å². The fourth-order valence-corrected chi connectivity index (χ4v) is 2.29. The first-order valence-corrected chi connectivity index (χ1v) is 8.35. The maximum Gasteiger partial charge on any atom is 0.243 e. The summed E-state index contributed by atoms with van der Waals surface area (Å²) in [5.74, 6) is 1.66. The minimum atomic E-state index is 0.0268. The lowest BCUT2D eigenvalue weighted by Gasteiger charge is -2.33. The van der Waals surface area contributed by atoms with Gasteiger partial charge in [0.15, 0.2) is 5.96 Å². The zero-order valence-corrected chi connectivity index (χ0v) is 14.6. The van der Waals surface area contributed by atoms with Gasteiger partial charge in [0.05, 0.1) is 0 Å². The summed E-state index contributed by atoms with van der Waals surface area (Å²) >= 11 is 0. The topological polar surface area (TPSA) is 57.2 Å². The number of amides is 1. The van der Waals surface area contributed by atoms with Crippen LogP contribution in [-0.4, -0.2) is 75.2 Å². The first-order valence-electron chi connectivity index (χ1n) is 8.35. The van der Waals surface area contributed by atoms with E-state index in [9.17, 15) is 4.79 Å². The van der Waals surface area contributed by atoms with Crippen LogP contribution in [0.5, 0.6) is 0 Å². The van der Waals surface area contributed by atoms with Gasteiger partial charge in [0.2, 0.25) is 5.91 Å². The van der Waals surface area contributed by atoms with Gasteiger partial charge < -0.3 is 19.9 Å². The third kappa shape index (κ3) is 7.11. The molecule has 6 heteroatoms. The van der Waals surface area contributed by atoms with Crippen LogP contribution in [0, 0.1) is 5.92 Å². The molecule has 0 aliphatic carbocycles. The number of nitrogens with zero attached hydrogens (tertiary/aromatic N) is 3. The first-order chi connectivity index (χ1) is 10.5. The molecular weight excluding hydrogens is 280 g/mol. The monoisotopic (exact) mass is 312 g/mol. The largest absolute Gasteiger partial charge is 0.382 e. The second kappa shape index (κ2) is 10.4. The zero-order valence-electron chi connectivity index (χ0n) is 14.6. The molecule has 1 saturated heterocycles. The van der Waals surface area contributed by atoms with Crippen LogP contribution in [0.15, 0.2) is 4.99 Å². The van der Waals surface area contributed by atoms with E-state index >= 15 is 0 Å². The fraction of sp³-hybridized carbons (Fsp3) is 0.875. The van der Waals surface area contributed by atoms with E-state index in [1.54, 1.807) is 19.0 Å². The summed E-state index contributed by atoms with van der Waals surface area (Å²) in [4.78, 5) is 20.1. The minimum absolute atomic E-state index is 0.0268. The maximum atomic E-state index is 11.7. The molecular formula is C16H32N4O2. The van der Waals surface area contributed by atoms with Gasteiger partial charge in [-0.15, -0.1) is 0 Å². The van der Waals surface area contributed by atoms with E-state index in [2.05, 4.69) is 22.1 Å². The lowest BCUT2D eigenvalue weighted by Crippen LogP contribution is -2.46. The molecule has 0 aromatic rings. The molecule has 0 aromatic heterocycles. The molecule has 128 valence electrons. The van der Waals surface area contributed by atoms with Gasteiger partial charge in [-0.25, -0.2) is 4.99 Å². The highest BCUT2D eigenvalue weighted by molar-refractivity contribution is 5.84. The quantitative estimate of drug-likeness (QED) is 0.436. The second-order valence-electron chi connectivity index (χ2n) is 6.07. The molecule has 1 aliphatic rings. The van der Waals surface area contributed by atoms with Crippen LogP contribution in [0.3, 0.4) is 0 Å². The average molecular weight is 312 g/mol. The van der Waals surface area contributed by atoms with E-state index in [-0.39, 0.29) is 12.5 Å². The minimum Gasteiger partial charge on any atom is -0.382 e. The normalized spacial score (nSPS) is 16.7. The molecule has 0 spiro atoms. The van der Waals surface area contributed by atoms with E-state index in [0.29, 0.717) is 0 Å². The molecule has 1 aliphatic heterocycles. The second-order valence-corrected chi connectivity index (χ2v) is 6.07. The Labute approximate surface area is 134 Å². The number of aliphatic imine (C=N–C) groups is 1. The van der Waals surface area contributed by atoms with Crippen molar-refractivity contribution < 1.29 is 9.53 Å². The van der Waals surface area contributed by atoms with E-state index in [1.807, 2.05) is 6.92 Å². The molecule has 0 radical (unpaired) electrons. The van der Waals surface area contributed by atoms with Gasteiger partial charge in [0.25, 0.3) is 0 Å². The molecule has 0 unspecified atom stereocenters. The van der Waals surface area contributed by atoms with Gasteiger partial charge in [0, 0.05) is 46.9 Å². The van der Waals surface area contributed by atoms with Gasteiger partial charge in [-0.2, -0.15) is 0 Å². The standard InChI is InChI=1S/C16H32N4O2/c1-5-22-12-6-9-17-16(18-13-15(21)19(3)4)20-10-7-14(2)8-11-20/h14H,5-13H2,1-4H3,(H,17,18). The number of guanidine groups is 1. The number of likely N-dealkylation sites (tertiary alicyclic amines) is 1. The van der Waals surface area contributed by atoms with Crippen LogP contribution in [0.1, 0.15) is 33.1 Å². The average Bonchev–Trinajstić information content (AvgIpc) is 2.50. The van der Waals surface area contributed by atoms with Crippen LogP contribution in [-0.2, 0) is 9.53 Å². The molecule has 1 amide bonds. The highest BCUT2D eigenvalue weighted by atomic mass is 16.5. The SMILES string of the molecule is CCOCCCNC(=NCC(=O)N(C)C)N1CCC(C)CC1. The Morgan fingerprint density at radius 1 is 1.36 bits per heavy atom. The maximum absolute atomic E-state index is 11.7. The molecule has 1 fully saturated rings. The van der Waals surface area contributed by atoms with Gasteiger partial charge >= 0.3 is 0 Å². The Bertz CT molecular complexity index is 350. The Hall–Kier alpha value is -1.30. The highest BCUT2D eigenvalue weighted by Crippen LogP contribution is 2.15. The lowest BCUT2D eigenvalue weighted by molar-refractivity contribution is -0.127. The van der Waals surface area contributed by atoms with Gasteiger partial charge in [-0.05, 0) is 32.1 Å². The van der Waals surface area contributed by atoms with Gasteiger partial charge in [0.1, 0.15) is 6.54 Å². The first kappa shape index (κ1) is 18.7. The molecule has 22 heavy (non-hydrogen) atoms. The number of rotatable bonds is 7. The molecule has 0 saturated carbocycles. The number of nitrogens with one attached hydrogen (secondary N) is 1. The summed E-state index contributed by atoms with van der Waals surface area (Å²) < 4.78 is 5.35. The van der Waals surface area contributed by atoms with Crippen molar-refractivity contribution in [3.63, 3.8) is 0 Å². The number of hydrogen-bond acceptors (Lipinski definition) is 3. The van der Waals surface area contributed by atoms with E-state index < -0.39 is 0 Å². The highest BCUT2D eigenvalue weighted by Gasteiger charge is 2.19. The summed E-state index contributed by atoms with van der Waals surface area (Å²) in [6, 6.07) is 0. The zero-order chi connectivity index (χ0) is 16.4. The Kier molecular flexibility index (Phi) is 8.89. The van der Waals surface area contributed by atoms with Gasteiger partial charge in [-0.3, -0.25) is 4.79 Å². The van der Waals surface area contributed by atoms with Crippen molar-refractivity contribution in [2.75, 3.05) is 53.5 Å². The van der Waals surface area contributed by atoms with Crippen molar-refractivity contribution in [3.8, 4) is 0 Å². The molecule has 0 atom stereocenters. The lowest BCUT2D eigenvalue weighted by atomic mass is 10.00. The van der Waals surface area contributed by atoms with Crippen LogP contribution >= 0.6 is 0 Å². The summed E-state index contributed by atoms with van der Waals surface area (Å²) in [7, 11) is 3.52. The number of likely N-dealkylation sites (N-methyl/N-ethyl adjacent to an activating group) is 1. The number of ether oxygens (including phenoxy) is 1. The number of hydrogen-bond donors (Lipinski definition) is 1. The van der Waals surface area contributed by atoms with Crippen LogP contribution in [0.4, 0.5) is 0 Å². The molecule has 0 bridgehead atoms. The summed E-state index contributed by atoms with van der Waals surface area (Å²) in [5.41, 5.74) is 0. The Balaban J connectivity index is 2.52. The predicted octanol–water partition coefficient (Wildman–Crippen LogP) is 1.18. The van der Waals surface area contributed by atoms with Gasteiger partial charge in [-0.1, -0.05) is 6.92 Å². The summed E-state index contributed by atoms with van der Waals surface area (Å²) in [6.45, 7) is 8.84. The summed E-state index contributed by atoms with van der Waals surface area (Å²) in [6.07, 6.45) is 3.31. The van der Waals surface area contributed by atoms with Crippen molar-refractivity contribution in [3.05, 3.63) is 0 Å². The molecule has 1 rings (SSSR count). The van der Waals surface area contributed by atoms with Crippen LogP contribution < -0.4 is 5.32 Å². The predicted molar refractivity (Wildman–Crippen MR) is 90.1 cm³/mol. The van der Waals surface area contributed by atoms with Crippen molar-refractivity contribution in [2.24, 2.45) is 10.9 Å². The van der Waals surface area contributed by atoms with Crippen LogP contribution in [0.25, 0.3) is 0 Å². The van der Waals surface area contributed by atoms with Crippen molar-refractivity contribution >= 4 is 11.9 Å². The smallest absolute Gasteiger partial charge is 0.243 e. The number of carbonyl (C=O) groups is 1. The third-order valence-electron chi connectivity index (χ3n) is 3.90. The third-order valence-corrected chi connectivity index (χ3v) is 3.90. The fourth-order valence-electron chi connectivity index (χ4n) is 2.29. The van der Waals surface area contributed by atoms with Crippen molar-refractivity contribution in [1.82, 2.24) is 15.1 Å². The molecule has 1 N–H and O–H groups in total. The van der Waals surface area contributed by atoms with E-state index in [0.717, 1.165) is 51.1 Å².